The van der Waals surface area contributed by atoms with Gasteiger partial charge >= 0.3 is 0 Å². The largest absolute Gasteiger partial charge is 0.343 e. The van der Waals surface area contributed by atoms with E-state index in [1.807, 2.05) is 6.07 Å². The summed E-state index contributed by atoms with van der Waals surface area (Å²) in [5, 5.41) is 2.18. The molecule has 0 saturated carbocycles. The third kappa shape index (κ3) is 3.12. The van der Waals surface area contributed by atoms with Gasteiger partial charge in [0.25, 0.3) is 0 Å². The van der Waals surface area contributed by atoms with Gasteiger partial charge in [-0.15, -0.1) is 0 Å². The molecule has 1 fully saturated rings. The van der Waals surface area contributed by atoms with E-state index < -0.39 is 0 Å². The number of aromatic nitrogens is 1. The summed E-state index contributed by atoms with van der Waals surface area (Å²) in [4.78, 5) is 2.60. The minimum absolute atomic E-state index is 0.435. The molecule has 1 aliphatic rings. The molecule has 3 rings (SSSR count). The molecule has 0 spiro atoms. The third-order valence-corrected chi connectivity index (χ3v) is 4.84. The molecule has 1 aliphatic heterocycles. The third-order valence-electron chi connectivity index (χ3n) is 4.53. The van der Waals surface area contributed by atoms with Crippen molar-refractivity contribution in [1.29, 1.82) is 0 Å². The van der Waals surface area contributed by atoms with Crippen molar-refractivity contribution in [3.05, 3.63) is 35.0 Å². The lowest BCUT2D eigenvalue weighted by atomic mass is 10.1. The molecule has 21 heavy (non-hydrogen) atoms. The predicted octanol–water partition coefficient (Wildman–Crippen LogP) is 5.25. The Kier molecular flexibility index (Phi) is 4.56. The van der Waals surface area contributed by atoms with Crippen molar-refractivity contribution in [1.82, 2.24) is 9.47 Å². The van der Waals surface area contributed by atoms with E-state index in [0.717, 1.165) is 11.6 Å². The van der Waals surface area contributed by atoms with Gasteiger partial charge in [-0.05, 0) is 51.4 Å². The molecular formula is C18H25ClN2. The molecule has 0 bridgehead atoms. The Morgan fingerprint density at radius 2 is 1.81 bits per heavy atom. The van der Waals surface area contributed by atoms with Gasteiger partial charge in [0.2, 0.25) is 0 Å². The Hall–Kier alpha value is -0.990. The fourth-order valence-electron chi connectivity index (χ4n) is 3.41. The first-order valence-corrected chi connectivity index (χ1v) is 8.55. The Morgan fingerprint density at radius 3 is 2.48 bits per heavy atom. The van der Waals surface area contributed by atoms with E-state index in [-0.39, 0.29) is 0 Å². The van der Waals surface area contributed by atoms with Crippen molar-refractivity contribution in [3.8, 4) is 0 Å². The topological polar surface area (TPSA) is 8.17 Å². The van der Waals surface area contributed by atoms with E-state index in [2.05, 4.69) is 41.6 Å². The average molecular weight is 305 g/mol. The number of halogens is 1. The summed E-state index contributed by atoms with van der Waals surface area (Å²) in [5.74, 6) is 0. The van der Waals surface area contributed by atoms with Crippen LogP contribution in [0.1, 0.15) is 51.1 Å². The monoisotopic (exact) mass is 304 g/mol. The lowest BCUT2D eigenvalue weighted by Gasteiger charge is -2.19. The number of hydrogen-bond acceptors (Lipinski definition) is 1. The van der Waals surface area contributed by atoms with Gasteiger partial charge in [0, 0.05) is 24.2 Å². The van der Waals surface area contributed by atoms with E-state index in [0.29, 0.717) is 6.04 Å². The highest BCUT2D eigenvalue weighted by Crippen LogP contribution is 2.31. The fourth-order valence-corrected chi connectivity index (χ4v) is 3.68. The standard InChI is InChI=1S/C18H25ClN2/c1-14(2)21-13-15(12-20-10-5-3-4-6-11-20)16-8-7-9-17(19)18(16)21/h7-9,13-14H,3-6,10-12H2,1-2H3. The van der Waals surface area contributed by atoms with Crippen LogP contribution < -0.4 is 0 Å². The zero-order valence-corrected chi connectivity index (χ0v) is 13.9. The highest BCUT2D eigenvalue weighted by Gasteiger charge is 2.16. The van der Waals surface area contributed by atoms with Crippen LogP contribution in [-0.2, 0) is 6.54 Å². The van der Waals surface area contributed by atoms with Gasteiger partial charge in [-0.25, -0.2) is 0 Å². The van der Waals surface area contributed by atoms with E-state index in [9.17, 15) is 0 Å². The second kappa shape index (κ2) is 6.41. The molecule has 1 aromatic carbocycles. The predicted molar refractivity (Wildman–Crippen MR) is 91.1 cm³/mol. The van der Waals surface area contributed by atoms with Crippen LogP contribution in [0.2, 0.25) is 5.02 Å². The van der Waals surface area contributed by atoms with Gasteiger partial charge in [0.1, 0.15) is 0 Å². The Labute approximate surface area is 132 Å². The van der Waals surface area contributed by atoms with Gasteiger partial charge in [-0.3, -0.25) is 4.90 Å². The van der Waals surface area contributed by atoms with Crippen molar-refractivity contribution in [2.45, 2.75) is 52.1 Å². The Morgan fingerprint density at radius 1 is 1.10 bits per heavy atom. The Balaban J connectivity index is 1.96. The number of nitrogens with zero attached hydrogens (tertiary/aromatic N) is 2. The van der Waals surface area contributed by atoms with Gasteiger partial charge < -0.3 is 4.57 Å². The van der Waals surface area contributed by atoms with Gasteiger partial charge in [-0.2, -0.15) is 0 Å². The summed E-state index contributed by atoms with van der Waals surface area (Å²) in [6.07, 6.45) is 7.76. The van der Waals surface area contributed by atoms with Crippen molar-refractivity contribution in [3.63, 3.8) is 0 Å². The normalized spacial score (nSPS) is 17.5. The quantitative estimate of drug-likeness (QED) is 0.751. The first-order chi connectivity index (χ1) is 10.2. The van der Waals surface area contributed by atoms with Crippen LogP contribution in [-0.4, -0.2) is 22.6 Å². The van der Waals surface area contributed by atoms with Crippen molar-refractivity contribution in [2.75, 3.05) is 13.1 Å². The number of benzene rings is 1. The first-order valence-electron chi connectivity index (χ1n) is 8.17. The molecule has 0 radical (unpaired) electrons. The molecule has 0 amide bonds. The second-order valence-electron chi connectivity index (χ2n) is 6.48. The molecular weight excluding hydrogens is 280 g/mol. The summed E-state index contributed by atoms with van der Waals surface area (Å²) < 4.78 is 2.32. The van der Waals surface area contributed by atoms with Gasteiger partial charge in [0.05, 0.1) is 10.5 Å². The summed E-state index contributed by atoms with van der Waals surface area (Å²) in [6.45, 7) is 7.96. The summed E-state index contributed by atoms with van der Waals surface area (Å²) in [5.41, 5.74) is 2.61. The molecule has 1 saturated heterocycles. The maximum atomic E-state index is 6.45. The zero-order chi connectivity index (χ0) is 14.8. The Bertz CT molecular complexity index is 607. The lowest BCUT2D eigenvalue weighted by Crippen LogP contribution is -2.23. The van der Waals surface area contributed by atoms with E-state index in [1.54, 1.807) is 0 Å². The second-order valence-corrected chi connectivity index (χ2v) is 6.89. The minimum atomic E-state index is 0.435. The number of rotatable bonds is 3. The summed E-state index contributed by atoms with van der Waals surface area (Å²) >= 11 is 6.45. The van der Waals surface area contributed by atoms with Crippen molar-refractivity contribution in [2.24, 2.45) is 0 Å². The van der Waals surface area contributed by atoms with Crippen molar-refractivity contribution < 1.29 is 0 Å². The summed E-state index contributed by atoms with van der Waals surface area (Å²) in [6, 6.07) is 6.72. The van der Waals surface area contributed by atoms with Crippen LogP contribution in [0, 0.1) is 0 Å². The molecule has 114 valence electrons. The smallest absolute Gasteiger partial charge is 0.0675 e. The van der Waals surface area contributed by atoms with Crippen LogP contribution in [0.5, 0.6) is 0 Å². The maximum absolute atomic E-state index is 6.45. The van der Waals surface area contributed by atoms with Crippen LogP contribution in [0.3, 0.4) is 0 Å². The zero-order valence-electron chi connectivity index (χ0n) is 13.1. The van der Waals surface area contributed by atoms with Crippen molar-refractivity contribution >= 4 is 22.5 Å². The van der Waals surface area contributed by atoms with Crippen LogP contribution in [0.4, 0.5) is 0 Å². The van der Waals surface area contributed by atoms with E-state index in [4.69, 9.17) is 11.6 Å². The SMILES string of the molecule is CC(C)n1cc(CN2CCCCCC2)c2cccc(Cl)c21. The molecule has 0 N–H and O–H groups in total. The molecule has 2 heterocycles. The number of hydrogen-bond donors (Lipinski definition) is 0. The molecule has 3 heteroatoms. The fraction of sp³-hybridized carbons (Fsp3) is 0.556. The van der Waals surface area contributed by atoms with E-state index in [1.165, 1.54) is 55.2 Å². The molecule has 0 aliphatic carbocycles. The van der Waals surface area contributed by atoms with Gasteiger partial charge in [0.15, 0.2) is 0 Å². The molecule has 1 aromatic heterocycles. The number of para-hydroxylation sites is 1. The summed E-state index contributed by atoms with van der Waals surface area (Å²) in [7, 11) is 0. The van der Waals surface area contributed by atoms with E-state index >= 15 is 0 Å². The first kappa shape index (κ1) is 14.9. The van der Waals surface area contributed by atoms with Crippen LogP contribution in [0.15, 0.2) is 24.4 Å². The minimum Gasteiger partial charge on any atom is -0.343 e. The molecule has 0 atom stereocenters. The molecule has 0 unspecified atom stereocenters. The number of likely N-dealkylation sites (tertiary alicyclic amines) is 1. The average Bonchev–Trinajstić information content (AvgIpc) is 2.65. The van der Waals surface area contributed by atoms with Crippen LogP contribution in [0.25, 0.3) is 10.9 Å². The number of fused-ring (bicyclic) bond motifs is 1. The highest BCUT2D eigenvalue weighted by atomic mass is 35.5. The lowest BCUT2D eigenvalue weighted by molar-refractivity contribution is 0.277. The van der Waals surface area contributed by atoms with Gasteiger partial charge in [-0.1, -0.05) is 36.6 Å². The molecule has 2 aromatic rings. The maximum Gasteiger partial charge on any atom is 0.0675 e. The highest BCUT2D eigenvalue weighted by molar-refractivity contribution is 6.35. The molecule has 2 nitrogen and oxygen atoms in total. The van der Waals surface area contributed by atoms with Crippen LogP contribution >= 0.6 is 11.6 Å².